The lowest BCUT2D eigenvalue weighted by molar-refractivity contribution is -0.138. The lowest BCUT2D eigenvalue weighted by atomic mass is 10.3. The fourth-order valence-electron chi connectivity index (χ4n) is 2.39. The first-order valence-electron chi connectivity index (χ1n) is 8.14. The van der Waals surface area contributed by atoms with Crippen LogP contribution in [-0.2, 0) is 9.59 Å². The van der Waals surface area contributed by atoms with Crippen molar-refractivity contribution < 1.29 is 14.7 Å². The van der Waals surface area contributed by atoms with Gasteiger partial charge in [-0.25, -0.2) is 0 Å². The van der Waals surface area contributed by atoms with Gasteiger partial charge in [-0.2, -0.15) is 0 Å². The lowest BCUT2D eigenvalue weighted by Gasteiger charge is -2.19. The van der Waals surface area contributed by atoms with Gasteiger partial charge in [-0.3, -0.25) is 14.5 Å². The Balaban J connectivity index is 2.04. The molecule has 0 fully saturated rings. The summed E-state index contributed by atoms with van der Waals surface area (Å²) in [6.07, 6.45) is 0.793. The van der Waals surface area contributed by atoms with Crippen molar-refractivity contribution in [1.29, 1.82) is 0 Å². The summed E-state index contributed by atoms with van der Waals surface area (Å²) in [7, 11) is 0. The third-order valence-electron chi connectivity index (χ3n) is 3.40. The Labute approximate surface area is 152 Å². The van der Waals surface area contributed by atoms with E-state index in [0.717, 1.165) is 21.9 Å². The molecule has 2 aromatic carbocycles. The minimum Gasteiger partial charge on any atom is -0.480 e. The molecule has 0 aromatic heterocycles. The first-order valence-corrected chi connectivity index (χ1v) is 8.96. The van der Waals surface area contributed by atoms with Crippen LogP contribution >= 0.6 is 11.8 Å². The molecule has 0 spiro atoms. The average Bonchev–Trinajstić information content (AvgIpc) is 2.57. The van der Waals surface area contributed by atoms with E-state index in [9.17, 15) is 9.59 Å². The van der Waals surface area contributed by atoms with Crippen LogP contribution < -0.4 is 5.32 Å². The van der Waals surface area contributed by atoms with Gasteiger partial charge in [0.25, 0.3) is 0 Å². The average molecular weight is 358 g/mol. The molecule has 0 saturated heterocycles. The summed E-state index contributed by atoms with van der Waals surface area (Å²) in [6, 6.07) is 17.5. The highest BCUT2D eigenvalue weighted by Gasteiger charge is 2.14. The van der Waals surface area contributed by atoms with E-state index in [4.69, 9.17) is 5.11 Å². The SMILES string of the molecule is CCCN(CC(=O)O)CC(=O)Nc1ccccc1Sc1ccccc1. The summed E-state index contributed by atoms with van der Waals surface area (Å²) >= 11 is 1.57. The zero-order valence-electron chi connectivity index (χ0n) is 14.1. The number of aliphatic carboxylic acids is 1. The number of carbonyl (C=O) groups is 2. The molecule has 0 radical (unpaired) electrons. The quantitative estimate of drug-likeness (QED) is 0.717. The zero-order valence-corrected chi connectivity index (χ0v) is 15.0. The van der Waals surface area contributed by atoms with E-state index >= 15 is 0 Å². The summed E-state index contributed by atoms with van der Waals surface area (Å²) < 4.78 is 0. The number of nitrogens with one attached hydrogen (secondary N) is 1. The van der Waals surface area contributed by atoms with Crippen LogP contribution in [0.3, 0.4) is 0 Å². The second-order valence-corrected chi connectivity index (χ2v) is 6.68. The molecular weight excluding hydrogens is 336 g/mol. The molecule has 0 saturated carbocycles. The number of hydrogen-bond donors (Lipinski definition) is 2. The van der Waals surface area contributed by atoms with E-state index in [-0.39, 0.29) is 19.0 Å². The topological polar surface area (TPSA) is 69.6 Å². The predicted octanol–water partition coefficient (Wildman–Crippen LogP) is 3.57. The third-order valence-corrected chi connectivity index (χ3v) is 4.48. The van der Waals surface area contributed by atoms with Gasteiger partial charge in [0, 0.05) is 9.79 Å². The number of nitrogens with zero attached hydrogens (tertiary/aromatic N) is 1. The molecule has 5 nitrogen and oxygen atoms in total. The lowest BCUT2D eigenvalue weighted by Crippen LogP contribution is -2.37. The van der Waals surface area contributed by atoms with Gasteiger partial charge in [0.2, 0.25) is 5.91 Å². The predicted molar refractivity (Wildman–Crippen MR) is 100 cm³/mol. The van der Waals surface area contributed by atoms with E-state index in [1.165, 1.54) is 0 Å². The molecule has 0 aliphatic carbocycles. The van der Waals surface area contributed by atoms with Crippen molar-refractivity contribution >= 4 is 29.3 Å². The molecular formula is C19H22N2O3S. The molecule has 0 heterocycles. The van der Waals surface area contributed by atoms with Gasteiger partial charge in [0.15, 0.2) is 0 Å². The van der Waals surface area contributed by atoms with Crippen LogP contribution in [0.4, 0.5) is 5.69 Å². The second kappa shape index (κ2) is 9.86. The number of anilines is 1. The van der Waals surface area contributed by atoms with E-state index in [0.29, 0.717) is 6.54 Å². The van der Waals surface area contributed by atoms with Crippen molar-refractivity contribution in [1.82, 2.24) is 4.90 Å². The Kier molecular flexibility index (Phi) is 7.50. The molecule has 1 amide bonds. The summed E-state index contributed by atoms with van der Waals surface area (Å²) in [5, 5.41) is 11.8. The smallest absolute Gasteiger partial charge is 0.317 e. The van der Waals surface area contributed by atoms with Crippen LogP contribution in [0.15, 0.2) is 64.4 Å². The van der Waals surface area contributed by atoms with Crippen LogP contribution in [0.25, 0.3) is 0 Å². The maximum Gasteiger partial charge on any atom is 0.317 e. The van der Waals surface area contributed by atoms with Gasteiger partial charge in [-0.1, -0.05) is 49.0 Å². The highest BCUT2D eigenvalue weighted by atomic mass is 32.2. The van der Waals surface area contributed by atoms with Crippen molar-refractivity contribution in [2.75, 3.05) is 25.0 Å². The van der Waals surface area contributed by atoms with Crippen molar-refractivity contribution in [2.24, 2.45) is 0 Å². The minimum atomic E-state index is -0.929. The Bertz CT molecular complexity index is 707. The van der Waals surface area contributed by atoms with E-state index in [2.05, 4.69) is 5.32 Å². The molecule has 2 rings (SSSR count). The van der Waals surface area contributed by atoms with Gasteiger partial charge >= 0.3 is 5.97 Å². The summed E-state index contributed by atoms with van der Waals surface area (Å²) in [4.78, 5) is 26.9. The zero-order chi connectivity index (χ0) is 18.1. The van der Waals surface area contributed by atoms with E-state index < -0.39 is 5.97 Å². The molecule has 132 valence electrons. The number of carboxylic acid groups (broad SMARTS) is 1. The standard InChI is InChI=1S/C19H22N2O3S/c1-2-12-21(14-19(23)24)13-18(22)20-16-10-6-7-11-17(16)25-15-8-4-3-5-9-15/h3-11H,2,12-14H2,1H3,(H,20,22)(H,23,24). The Morgan fingerprint density at radius 2 is 1.72 bits per heavy atom. The summed E-state index contributed by atoms with van der Waals surface area (Å²) in [5.41, 5.74) is 0.730. The molecule has 2 aromatic rings. The number of para-hydroxylation sites is 1. The van der Waals surface area contributed by atoms with Gasteiger partial charge in [0.1, 0.15) is 0 Å². The summed E-state index contributed by atoms with van der Waals surface area (Å²) in [6.45, 7) is 2.45. The highest BCUT2D eigenvalue weighted by molar-refractivity contribution is 7.99. The van der Waals surface area contributed by atoms with Crippen LogP contribution in [0.2, 0.25) is 0 Å². The number of amides is 1. The van der Waals surface area contributed by atoms with Crippen LogP contribution in [0, 0.1) is 0 Å². The fourth-order valence-corrected chi connectivity index (χ4v) is 3.31. The number of benzene rings is 2. The number of rotatable bonds is 9. The van der Waals surface area contributed by atoms with Crippen molar-refractivity contribution in [3.63, 3.8) is 0 Å². The molecule has 25 heavy (non-hydrogen) atoms. The Hall–Kier alpha value is -2.31. The Morgan fingerprint density at radius 3 is 2.40 bits per heavy atom. The first-order chi connectivity index (χ1) is 12.1. The van der Waals surface area contributed by atoms with E-state index in [1.807, 2.05) is 61.5 Å². The number of hydrogen-bond acceptors (Lipinski definition) is 4. The molecule has 0 atom stereocenters. The first kappa shape index (κ1) is 19.0. The van der Waals surface area contributed by atoms with Crippen molar-refractivity contribution in [3.8, 4) is 0 Å². The molecule has 0 bridgehead atoms. The van der Waals surface area contributed by atoms with Crippen molar-refractivity contribution in [3.05, 3.63) is 54.6 Å². The van der Waals surface area contributed by atoms with Crippen molar-refractivity contribution in [2.45, 2.75) is 23.1 Å². The second-order valence-electron chi connectivity index (χ2n) is 5.56. The maximum absolute atomic E-state index is 12.3. The van der Waals surface area contributed by atoms with Gasteiger partial charge in [-0.15, -0.1) is 0 Å². The molecule has 6 heteroatoms. The molecule has 2 N–H and O–H groups in total. The van der Waals surface area contributed by atoms with E-state index in [1.54, 1.807) is 16.7 Å². The monoisotopic (exact) mass is 358 g/mol. The number of carboxylic acids is 1. The fraction of sp³-hybridized carbons (Fsp3) is 0.263. The van der Waals surface area contributed by atoms with Crippen LogP contribution in [0.1, 0.15) is 13.3 Å². The van der Waals surface area contributed by atoms with Crippen LogP contribution in [-0.4, -0.2) is 41.5 Å². The van der Waals surface area contributed by atoms with Crippen LogP contribution in [0.5, 0.6) is 0 Å². The number of carbonyl (C=O) groups excluding carboxylic acids is 1. The minimum absolute atomic E-state index is 0.0600. The summed E-state index contributed by atoms with van der Waals surface area (Å²) in [5.74, 6) is -1.14. The molecule has 0 unspecified atom stereocenters. The Morgan fingerprint density at radius 1 is 1.04 bits per heavy atom. The maximum atomic E-state index is 12.3. The highest BCUT2D eigenvalue weighted by Crippen LogP contribution is 2.33. The largest absolute Gasteiger partial charge is 0.480 e. The third kappa shape index (κ3) is 6.60. The normalized spacial score (nSPS) is 10.6. The van der Waals surface area contributed by atoms with Gasteiger partial charge in [-0.05, 0) is 37.2 Å². The van der Waals surface area contributed by atoms with Gasteiger partial charge < -0.3 is 10.4 Å². The molecule has 0 aliphatic heterocycles. The molecule has 0 aliphatic rings. The van der Waals surface area contributed by atoms with Gasteiger partial charge in [0.05, 0.1) is 18.8 Å².